The quantitative estimate of drug-likeness (QED) is 0.892. The number of hydrogen-bond donors (Lipinski definition) is 1. The van der Waals surface area contributed by atoms with E-state index in [1.807, 2.05) is 0 Å². The third-order valence-corrected chi connectivity index (χ3v) is 6.87. The lowest BCUT2D eigenvalue weighted by Crippen LogP contribution is -2.63. The summed E-state index contributed by atoms with van der Waals surface area (Å²) in [7, 11) is -3.38. The molecule has 98 valence electrons. The Kier molecular flexibility index (Phi) is 2.75. The van der Waals surface area contributed by atoms with E-state index in [1.54, 1.807) is 30.3 Å². The van der Waals surface area contributed by atoms with Crippen LogP contribution in [0.4, 0.5) is 0 Å². The predicted molar refractivity (Wildman–Crippen MR) is 68.9 cm³/mol. The molecular weight excluding hydrogens is 248 g/mol. The third-order valence-electron chi connectivity index (χ3n) is 4.59. The van der Waals surface area contributed by atoms with Crippen LogP contribution in [0.15, 0.2) is 35.2 Å². The minimum Gasteiger partial charge on any atom is -0.388 e. The normalized spacial score (nSPS) is 35.6. The molecule has 2 saturated carbocycles. The van der Waals surface area contributed by atoms with Crippen molar-refractivity contribution in [3.05, 3.63) is 30.3 Å². The molecule has 1 aromatic carbocycles. The highest BCUT2D eigenvalue weighted by Gasteiger charge is 2.59. The van der Waals surface area contributed by atoms with Crippen LogP contribution in [0.1, 0.15) is 32.1 Å². The standard InChI is InChI=1S/C14H18O3S/c15-14-9-5-4-6-11(14)10-13(14)18(16,17)12-7-2-1-3-8-12/h1-3,7-8,11,13,15H,4-6,9-10H2/t11-,13-,14+/m0/s1. The zero-order valence-corrected chi connectivity index (χ0v) is 11.1. The molecule has 1 N–H and O–H groups in total. The molecule has 0 saturated heterocycles. The van der Waals surface area contributed by atoms with Gasteiger partial charge in [-0.2, -0.15) is 0 Å². The summed E-state index contributed by atoms with van der Waals surface area (Å²) >= 11 is 0. The van der Waals surface area contributed by atoms with E-state index in [4.69, 9.17) is 0 Å². The fraction of sp³-hybridized carbons (Fsp3) is 0.571. The van der Waals surface area contributed by atoms with Gasteiger partial charge < -0.3 is 5.11 Å². The molecule has 0 bridgehead atoms. The monoisotopic (exact) mass is 266 g/mol. The maximum Gasteiger partial charge on any atom is 0.184 e. The summed E-state index contributed by atoms with van der Waals surface area (Å²) in [4.78, 5) is 0.340. The van der Waals surface area contributed by atoms with Gasteiger partial charge in [0.25, 0.3) is 0 Å². The van der Waals surface area contributed by atoms with Gasteiger partial charge in [0.05, 0.1) is 15.7 Å². The van der Waals surface area contributed by atoms with Gasteiger partial charge in [-0.1, -0.05) is 31.0 Å². The first-order valence-corrected chi connectivity index (χ1v) is 8.11. The zero-order valence-electron chi connectivity index (χ0n) is 10.2. The first kappa shape index (κ1) is 12.2. The number of benzene rings is 1. The van der Waals surface area contributed by atoms with Crippen molar-refractivity contribution in [3.63, 3.8) is 0 Å². The van der Waals surface area contributed by atoms with Gasteiger partial charge in [-0.15, -0.1) is 0 Å². The summed E-state index contributed by atoms with van der Waals surface area (Å²) < 4.78 is 25.0. The van der Waals surface area contributed by atoms with Gasteiger partial charge in [0.15, 0.2) is 9.84 Å². The molecule has 2 aliphatic carbocycles. The molecule has 0 aliphatic heterocycles. The molecule has 1 aromatic rings. The Balaban J connectivity index is 1.93. The van der Waals surface area contributed by atoms with Crippen LogP contribution in [0.3, 0.4) is 0 Å². The summed E-state index contributed by atoms with van der Waals surface area (Å²) in [5.74, 6) is 0.190. The Labute approximate surface area is 108 Å². The van der Waals surface area contributed by atoms with Gasteiger partial charge in [-0.05, 0) is 37.3 Å². The van der Waals surface area contributed by atoms with E-state index in [-0.39, 0.29) is 5.92 Å². The topological polar surface area (TPSA) is 54.4 Å². The average Bonchev–Trinajstić information content (AvgIpc) is 2.36. The minimum absolute atomic E-state index is 0.190. The van der Waals surface area contributed by atoms with Crippen molar-refractivity contribution in [2.45, 2.75) is 47.9 Å². The first-order chi connectivity index (χ1) is 8.55. The fourth-order valence-electron chi connectivity index (χ4n) is 3.47. The molecule has 0 unspecified atom stereocenters. The molecule has 3 nitrogen and oxygen atoms in total. The van der Waals surface area contributed by atoms with Crippen LogP contribution in [0.5, 0.6) is 0 Å². The molecule has 2 fully saturated rings. The molecule has 18 heavy (non-hydrogen) atoms. The average molecular weight is 266 g/mol. The molecule has 4 heteroatoms. The largest absolute Gasteiger partial charge is 0.388 e. The van der Waals surface area contributed by atoms with E-state index in [2.05, 4.69) is 0 Å². The van der Waals surface area contributed by atoms with Crippen LogP contribution in [-0.4, -0.2) is 24.4 Å². The van der Waals surface area contributed by atoms with Gasteiger partial charge in [-0.25, -0.2) is 8.42 Å². The van der Waals surface area contributed by atoms with Gasteiger partial charge in [0.2, 0.25) is 0 Å². The first-order valence-electron chi connectivity index (χ1n) is 6.56. The van der Waals surface area contributed by atoms with Crippen molar-refractivity contribution in [1.29, 1.82) is 0 Å². The summed E-state index contributed by atoms with van der Waals surface area (Å²) in [6, 6.07) is 8.50. The van der Waals surface area contributed by atoms with Crippen molar-refractivity contribution in [2.75, 3.05) is 0 Å². The highest BCUT2D eigenvalue weighted by Crippen LogP contribution is 2.52. The second-order valence-corrected chi connectivity index (χ2v) is 7.65. The number of rotatable bonds is 2. The van der Waals surface area contributed by atoms with E-state index < -0.39 is 20.7 Å². The molecule has 2 aliphatic rings. The maximum absolute atomic E-state index is 12.5. The Morgan fingerprint density at radius 1 is 1.17 bits per heavy atom. The molecule has 0 radical (unpaired) electrons. The van der Waals surface area contributed by atoms with E-state index in [0.717, 1.165) is 19.3 Å². The Bertz CT molecular complexity index is 537. The van der Waals surface area contributed by atoms with Gasteiger partial charge >= 0.3 is 0 Å². The van der Waals surface area contributed by atoms with Crippen LogP contribution < -0.4 is 0 Å². The van der Waals surface area contributed by atoms with E-state index in [1.165, 1.54) is 0 Å². The third kappa shape index (κ3) is 1.62. The summed E-state index contributed by atoms with van der Waals surface area (Å²) in [5, 5.41) is 10.0. The molecule has 3 atom stereocenters. The molecule has 3 rings (SSSR count). The van der Waals surface area contributed by atoms with E-state index >= 15 is 0 Å². The van der Waals surface area contributed by atoms with Crippen LogP contribution in [0, 0.1) is 5.92 Å². The van der Waals surface area contributed by atoms with Crippen LogP contribution in [0.25, 0.3) is 0 Å². The lowest BCUT2D eigenvalue weighted by atomic mass is 9.61. The van der Waals surface area contributed by atoms with E-state index in [0.29, 0.717) is 17.7 Å². The molecule has 0 heterocycles. The maximum atomic E-state index is 12.5. The van der Waals surface area contributed by atoms with Crippen LogP contribution >= 0.6 is 0 Å². The van der Waals surface area contributed by atoms with Gasteiger partial charge in [0, 0.05) is 0 Å². The summed E-state index contributed by atoms with van der Waals surface area (Å²) in [6.45, 7) is 0. The second-order valence-electron chi connectivity index (χ2n) is 5.52. The highest BCUT2D eigenvalue weighted by molar-refractivity contribution is 7.92. The smallest absolute Gasteiger partial charge is 0.184 e. The number of sulfone groups is 1. The van der Waals surface area contributed by atoms with Crippen molar-refractivity contribution in [3.8, 4) is 0 Å². The van der Waals surface area contributed by atoms with Crippen LogP contribution in [0.2, 0.25) is 0 Å². The number of hydrogen-bond acceptors (Lipinski definition) is 3. The molecule has 0 amide bonds. The minimum atomic E-state index is -3.38. The van der Waals surface area contributed by atoms with Crippen molar-refractivity contribution in [1.82, 2.24) is 0 Å². The number of aliphatic hydroxyl groups is 1. The highest BCUT2D eigenvalue weighted by atomic mass is 32.2. The number of fused-ring (bicyclic) bond motifs is 1. The second kappa shape index (κ2) is 4.07. The lowest BCUT2D eigenvalue weighted by molar-refractivity contribution is -0.114. The Morgan fingerprint density at radius 2 is 1.89 bits per heavy atom. The lowest BCUT2D eigenvalue weighted by Gasteiger charge is -2.54. The molecule has 0 spiro atoms. The summed E-state index contributed by atoms with van der Waals surface area (Å²) in [5.41, 5.74) is -0.965. The van der Waals surface area contributed by atoms with Gasteiger partial charge in [-0.3, -0.25) is 0 Å². The zero-order chi connectivity index (χ0) is 12.8. The van der Waals surface area contributed by atoms with E-state index in [9.17, 15) is 13.5 Å². The molecule has 0 aromatic heterocycles. The van der Waals surface area contributed by atoms with Gasteiger partial charge in [0.1, 0.15) is 0 Å². The van der Waals surface area contributed by atoms with Crippen molar-refractivity contribution < 1.29 is 13.5 Å². The van der Waals surface area contributed by atoms with Crippen molar-refractivity contribution >= 4 is 9.84 Å². The molecular formula is C14H18O3S. The SMILES string of the molecule is O=S(=O)(c1ccccc1)[C@H]1C[C@@H]2CCCC[C@@]21O. The Morgan fingerprint density at radius 3 is 2.56 bits per heavy atom. The summed E-state index contributed by atoms with van der Waals surface area (Å²) in [6.07, 6.45) is 4.28. The predicted octanol–water partition coefficient (Wildman–Crippen LogP) is 2.15. The van der Waals surface area contributed by atoms with Crippen molar-refractivity contribution in [2.24, 2.45) is 5.92 Å². The Hall–Kier alpha value is -0.870. The fourth-order valence-corrected chi connectivity index (χ4v) is 5.67. The van der Waals surface area contributed by atoms with Crippen LogP contribution in [-0.2, 0) is 9.84 Å².